The van der Waals surface area contributed by atoms with Crippen LogP contribution in [0.1, 0.15) is 21.5 Å². The second-order valence-corrected chi connectivity index (χ2v) is 9.35. The molecule has 0 aliphatic rings. The van der Waals surface area contributed by atoms with Crippen molar-refractivity contribution < 1.29 is 14.8 Å². The molecule has 0 atom stereocenters. The Labute approximate surface area is 230 Å². The van der Waals surface area contributed by atoms with Gasteiger partial charge in [0.15, 0.2) is 5.75 Å². The van der Waals surface area contributed by atoms with E-state index >= 15 is 0 Å². The van der Waals surface area contributed by atoms with E-state index in [1.54, 1.807) is 30.3 Å². The number of anilines is 3. The SMILES string of the molecule is Cc1cc(C)cc(Nc2ccc(NC(=O)c3cc4ccccc4c(/N=N/c4ccc([N+](=O)[O-])cc4)c3O)cc2)c1. The van der Waals surface area contributed by atoms with E-state index in [0.717, 1.165) is 22.5 Å². The third-order valence-corrected chi connectivity index (χ3v) is 6.22. The van der Waals surface area contributed by atoms with Crippen LogP contribution in [0.25, 0.3) is 10.8 Å². The average Bonchev–Trinajstić information content (AvgIpc) is 2.93. The van der Waals surface area contributed by atoms with Gasteiger partial charge in [0.05, 0.1) is 16.2 Å². The van der Waals surface area contributed by atoms with E-state index in [4.69, 9.17) is 0 Å². The highest BCUT2D eigenvalue weighted by molar-refractivity contribution is 6.11. The molecule has 0 saturated carbocycles. The lowest BCUT2D eigenvalue weighted by Gasteiger charge is -2.12. The Kier molecular flexibility index (Phi) is 7.19. The van der Waals surface area contributed by atoms with Gasteiger partial charge in [-0.2, -0.15) is 5.11 Å². The van der Waals surface area contributed by atoms with Gasteiger partial charge < -0.3 is 15.7 Å². The molecule has 0 saturated heterocycles. The van der Waals surface area contributed by atoms with E-state index in [0.29, 0.717) is 22.1 Å². The molecule has 0 aliphatic heterocycles. The Hall–Kier alpha value is -5.57. The van der Waals surface area contributed by atoms with Crippen molar-refractivity contribution in [3.05, 3.63) is 124 Å². The zero-order chi connectivity index (χ0) is 28.2. The highest BCUT2D eigenvalue weighted by Gasteiger charge is 2.19. The monoisotopic (exact) mass is 531 g/mol. The number of rotatable bonds is 7. The molecule has 0 bridgehead atoms. The largest absolute Gasteiger partial charge is 0.505 e. The first-order valence-electron chi connectivity index (χ1n) is 12.4. The van der Waals surface area contributed by atoms with Crippen molar-refractivity contribution in [2.45, 2.75) is 13.8 Å². The summed E-state index contributed by atoms with van der Waals surface area (Å²) in [5, 5.41) is 37.8. The van der Waals surface area contributed by atoms with Gasteiger partial charge in [0.1, 0.15) is 5.69 Å². The topological polar surface area (TPSA) is 129 Å². The number of nitrogens with one attached hydrogen (secondary N) is 2. The molecule has 1 amide bonds. The van der Waals surface area contributed by atoms with E-state index in [1.165, 1.54) is 24.3 Å². The summed E-state index contributed by atoms with van der Waals surface area (Å²) in [6, 6.07) is 27.8. The molecule has 0 aliphatic carbocycles. The number of azo groups is 1. The van der Waals surface area contributed by atoms with Crippen molar-refractivity contribution >= 4 is 50.8 Å². The minimum Gasteiger partial charge on any atom is -0.505 e. The number of hydrogen-bond donors (Lipinski definition) is 3. The van der Waals surface area contributed by atoms with E-state index in [2.05, 4.69) is 39.1 Å². The van der Waals surface area contributed by atoms with Gasteiger partial charge in [-0.15, -0.1) is 5.11 Å². The van der Waals surface area contributed by atoms with Crippen LogP contribution in [0.15, 0.2) is 107 Å². The van der Waals surface area contributed by atoms with E-state index in [1.807, 2.05) is 38.1 Å². The lowest BCUT2D eigenvalue weighted by Crippen LogP contribution is -2.12. The van der Waals surface area contributed by atoms with Gasteiger partial charge in [-0.25, -0.2) is 0 Å². The predicted molar refractivity (Wildman–Crippen MR) is 156 cm³/mol. The Bertz CT molecular complexity index is 1740. The molecule has 198 valence electrons. The van der Waals surface area contributed by atoms with Crippen LogP contribution in [-0.4, -0.2) is 15.9 Å². The Balaban J connectivity index is 1.39. The molecule has 0 spiro atoms. The molecule has 3 N–H and O–H groups in total. The number of non-ortho nitro benzene ring substituents is 1. The standard InChI is InChI=1S/C31H25N5O4/c1-19-15-20(2)17-25(16-19)32-22-7-9-23(10-8-22)33-31(38)28-18-21-5-3-4-6-27(21)29(30(28)37)35-34-24-11-13-26(14-12-24)36(39)40/h3-18,32,37H,1-2H3,(H,33,38)/b35-34+. The first kappa shape index (κ1) is 26.1. The smallest absolute Gasteiger partial charge is 0.269 e. The van der Waals surface area contributed by atoms with Crippen molar-refractivity contribution in [2.24, 2.45) is 10.2 Å². The number of carbonyl (C=O) groups is 1. The number of hydrogen-bond acceptors (Lipinski definition) is 7. The van der Waals surface area contributed by atoms with Gasteiger partial charge in [-0.3, -0.25) is 14.9 Å². The quantitative estimate of drug-likeness (QED) is 0.110. The number of phenols is 1. The summed E-state index contributed by atoms with van der Waals surface area (Å²) in [6.45, 7) is 4.09. The number of nitro groups is 1. The van der Waals surface area contributed by atoms with E-state index in [9.17, 15) is 20.0 Å². The van der Waals surface area contributed by atoms with Crippen LogP contribution in [-0.2, 0) is 0 Å². The van der Waals surface area contributed by atoms with Gasteiger partial charge in [0.2, 0.25) is 0 Å². The molecular formula is C31H25N5O4. The third kappa shape index (κ3) is 5.78. The van der Waals surface area contributed by atoms with Gasteiger partial charge >= 0.3 is 0 Å². The van der Waals surface area contributed by atoms with Crippen molar-refractivity contribution in [2.75, 3.05) is 10.6 Å². The Morgan fingerprint density at radius 2 is 1.45 bits per heavy atom. The number of carbonyl (C=O) groups excluding carboxylic acids is 1. The molecule has 0 heterocycles. The molecule has 0 unspecified atom stereocenters. The summed E-state index contributed by atoms with van der Waals surface area (Å²) >= 11 is 0. The molecule has 0 radical (unpaired) electrons. The fraction of sp³-hybridized carbons (Fsp3) is 0.0645. The lowest BCUT2D eigenvalue weighted by molar-refractivity contribution is -0.384. The van der Waals surface area contributed by atoms with Crippen molar-refractivity contribution in [3.63, 3.8) is 0 Å². The van der Waals surface area contributed by atoms with Crippen molar-refractivity contribution in [1.82, 2.24) is 0 Å². The average molecular weight is 532 g/mol. The number of aromatic hydroxyl groups is 1. The van der Waals surface area contributed by atoms with E-state index in [-0.39, 0.29) is 22.7 Å². The van der Waals surface area contributed by atoms with Crippen LogP contribution in [0, 0.1) is 24.0 Å². The van der Waals surface area contributed by atoms with Crippen LogP contribution < -0.4 is 10.6 Å². The summed E-state index contributed by atoms with van der Waals surface area (Å²) in [6.07, 6.45) is 0. The van der Waals surface area contributed by atoms with Crippen LogP contribution >= 0.6 is 0 Å². The maximum Gasteiger partial charge on any atom is 0.269 e. The fourth-order valence-corrected chi connectivity index (χ4v) is 4.39. The Morgan fingerprint density at radius 1 is 0.800 bits per heavy atom. The van der Waals surface area contributed by atoms with Crippen LogP contribution in [0.5, 0.6) is 5.75 Å². The first-order valence-corrected chi connectivity index (χ1v) is 12.4. The zero-order valence-corrected chi connectivity index (χ0v) is 21.8. The number of nitro benzene ring substituents is 1. The van der Waals surface area contributed by atoms with Crippen LogP contribution in [0.4, 0.5) is 34.1 Å². The molecule has 5 rings (SSSR count). The number of nitrogens with zero attached hydrogens (tertiary/aromatic N) is 3. The predicted octanol–water partition coefficient (Wildman–Crippen LogP) is 8.48. The zero-order valence-electron chi connectivity index (χ0n) is 21.8. The maximum atomic E-state index is 13.2. The Morgan fingerprint density at radius 3 is 2.12 bits per heavy atom. The number of benzene rings is 5. The molecule has 5 aromatic rings. The summed E-state index contributed by atoms with van der Waals surface area (Å²) in [7, 11) is 0. The summed E-state index contributed by atoms with van der Waals surface area (Å²) in [4.78, 5) is 23.6. The number of amides is 1. The normalized spacial score (nSPS) is 11.1. The summed E-state index contributed by atoms with van der Waals surface area (Å²) < 4.78 is 0. The minimum atomic E-state index is -0.509. The third-order valence-electron chi connectivity index (χ3n) is 6.22. The molecule has 5 aromatic carbocycles. The molecule has 0 aromatic heterocycles. The van der Waals surface area contributed by atoms with Gasteiger partial charge in [-0.05, 0) is 85.0 Å². The molecule has 9 nitrogen and oxygen atoms in total. The van der Waals surface area contributed by atoms with Crippen molar-refractivity contribution in [3.8, 4) is 5.75 Å². The highest BCUT2D eigenvalue weighted by atomic mass is 16.6. The second kappa shape index (κ2) is 11.0. The van der Waals surface area contributed by atoms with E-state index < -0.39 is 10.8 Å². The number of fused-ring (bicyclic) bond motifs is 1. The molecule has 9 heteroatoms. The maximum absolute atomic E-state index is 13.2. The lowest BCUT2D eigenvalue weighted by atomic mass is 10.0. The molecule has 0 fully saturated rings. The molecular weight excluding hydrogens is 506 g/mol. The summed E-state index contributed by atoms with van der Waals surface area (Å²) in [5.74, 6) is -0.833. The second-order valence-electron chi connectivity index (χ2n) is 9.35. The fourth-order valence-electron chi connectivity index (χ4n) is 4.39. The minimum absolute atomic E-state index is 0.0359. The van der Waals surface area contributed by atoms with Gasteiger partial charge in [0, 0.05) is 34.6 Å². The number of phenolic OH excluding ortho intramolecular Hbond substituents is 1. The van der Waals surface area contributed by atoms with Gasteiger partial charge in [-0.1, -0.05) is 30.3 Å². The highest BCUT2D eigenvalue weighted by Crippen LogP contribution is 2.39. The molecule has 40 heavy (non-hydrogen) atoms. The first-order chi connectivity index (χ1) is 19.3. The van der Waals surface area contributed by atoms with Crippen LogP contribution in [0.2, 0.25) is 0 Å². The summed E-state index contributed by atoms with van der Waals surface area (Å²) in [5.41, 5.74) is 5.16. The number of aryl methyl sites for hydroxylation is 2. The van der Waals surface area contributed by atoms with Crippen LogP contribution in [0.3, 0.4) is 0 Å². The van der Waals surface area contributed by atoms with Crippen molar-refractivity contribution in [1.29, 1.82) is 0 Å². The van der Waals surface area contributed by atoms with Gasteiger partial charge in [0.25, 0.3) is 11.6 Å².